The average Bonchev–Trinajstić information content (AvgIpc) is 2.56. The van der Waals surface area contributed by atoms with Crippen LogP contribution in [0.15, 0.2) is 42.5 Å². The Morgan fingerprint density at radius 1 is 1.17 bits per heavy atom. The molecule has 1 N–H and O–H groups in total. The third-order valence-corrected chi connectivity index (χ3v) is 4.29. The Balaban J connectivity index is 2.03. The highest BCUT2D eigenvalue weighted by molar-refractivity contribution is 6.31. The molecule has 24 heavy (non-hydrogen) atoms. The summed E-state index contributed by atoms with van der Waals surface area (Å²) in [5.74, 6) is 0.437. The van der Waals surface area contributed by atoms with E-state index in [0.29, 0.717) is 28.0 Å². The second-order valence-corrected chi connectivity index (χ2v) is 6.42. The lowest BCUT2D eigenvalue weighted by Crippen LogP contribution is -2.39. The van der Waals surface area contributed by atoms with Gasteiger partial charge in [0, 0.05) is 16.6 Å². The van der Waals surface area contributed by atoms with Crippen molar-refractivity contribution in [3.63, 3.8) is 0 Å². The summed E-state index contributed by atoms with van der Waals surface area (Å²) in [5, 5.41) is 4.10. The molecule has 6 heteroatoms. The van der Waals surface area contributed by atoms with Gasteiger partial charge in [-0.25, -0.2) is 0 Å². The number of rotatable bonds is 6. The van der Waals surface area contributed by atoms with Gasteiger partial charge in [-0.15, -0.1) is 0 Å². The van der Waals surface area contributed by atoms with Crippen molar-refractivity contribution in [1.29, 1.82) is 0 Å². The van der Waals surface area contributed by atoms with Gasteiger partial charge in [0.05, 0.1) is 18.8 Å². The van der Waals surface area contributed by atoms with Gasteiger partial charge in [-0.05, 0) is 49.9 Å². The van der Waals surface area contributed by atoms with Gasteiger partial charge in [0.1, 0.15) is 5.75 Å². The number of hydrogen-bond donors (Lipinski definition) is 1. The zero-order valence-electron chi connectivity index (χ0n) is 13.8. The number of amides is 1. The zero-order chi connectivity index (χ0) is 17.7. The van der Waals surface area contributed by atoms with Crippen molar-refractivity contribution in [3.05, 3.63) is 58.1 Å². The van der Waals surface area contributed by atoms with E-state index in [4.69, 9.17) is 27.9 Å². The van der Waals surface area contributed by atoms with E-state index in [1.165, 1.54) is 0 Å². The van der Waals surface area contributed by atoms with Crippen LogP contribution in [0, 0.1) is 0 Å². The number of hydrogen-bond acceptors (Lipinski definition) is 3. The molecule has 0 aromatic heterocycles. The molecular formula is C18H20Cl2N2O2. The summed E-state index contributed by atoms with van der Waals surface area (Å²) in [4.78, 5) is 14.5. The molecule has 2 aromatic rings. The molecule has 2 rings (SSSR count). The number of ether oxygens (including phenoxy) is 1. The lowest BCUT2D eigenvalue weighted by molar-refractivity contribution is -0.120. The Morgan fingerprint density at radius 2 is 1.79 bits per heavy atom. The maximum Gasteiger partial charge on any atom is 0.241 e. The molecule has 2 aromatic carbocycles. The molecule has 0 radical (unpaired) electrons. The molecule has 0 aliphatic heterocycles. The normalized spacial score (nSPS) is 12.1. The second-order valence-electron chi connectivity index (χ2n) is 5.55. The SMILES string of the molecule is COc1ccc(Cl)cc1NC(=O)[C@H](C)N(C)Cc1ccc(Cl)cc1. The van der Waals surface area contributed by atoms with E-state index in [-0.39, 0.29) is 11.9 Å². The number of nitrogens with one attached hydrogen (secondary N) is 1. The van der Waals surface area contributed by atoms with Gasteiger partial charge in [0.2, 0.25) is 5.91 Å². The summed E-state index contributed by atoms with van der Waals surface area (Å²) in [6.45, 7) is 2.49. The summed E-state index contributed by atoms with van der Waals surface area (Å²) in [6, 6.07) is 12.4. The van der Waals surface area contributed by atoms with E-state index in [1.54, 1.807) is 25.3 Å². The van der Waals surface area contributed by atoms with E-state index in [9.17, 15) is 4.79 Å². The molecule has 0 aliphatic rings. The zero-order valence-corrected chi connectivity index (χ0v) is 15.4. The highest BCUT2D eigenvalue weighted by Gasteiger charge is 2.19. The van der Waals surface area contributed by atoms with E-state index in [1.807, 2.05) is 43.1 Å². The van der Waals surface area contributed by atoms with Gasteiger partial charge in [-0.3, -0.25) is 9.69 Å². The molecular weight excluding hydrogens is 347 g/mol. The number of likely N-dealkylation sites (N-methyl/N-ethyl adjacent to an activating group) is 1. The van der Waals surface area contributed by atoms with Crippen LogP contribution in [0.25, 0.3) is 0 Å². The highest BCUT2D eigenvalue weighted by atomic mass is 35.5. The van der Waals surface area contributed by atoms with Gasteiger partial charge in [0.25, 0.3) is 0 Å². The molecule has 0 fully saturated rings. The minimum absolute atomic E-state index is 0.132. The lowest BCUT2D eigenvalue weighted by Gasteiger charge is -2.24. The summed E-state index contributed by atoms with van der Waals surface area (Å²) in [7, 11) is 3.45. The summed E-state index contributed by atoms with van der Waals surface area (Å²) >= 11 is 11.9. The van der Waals surface area contributed by atoms with Crippen molar-refractivity contribution in [2.24, 2.45) is 0 Å². The summed E-state index contributed by atoms with van der Waals surface area (Å²) in [5.41, 5.74) is 1.64. The van der Waals surface area contributed by atoms with Crippen molar-refractivity contribution < 1.29 is 9.53 Å². The van der Waals surface area contributed by atoms with Crippen LogP contribution in [0.5, 0.6) is 5.75 Å². The monoisotopic (exact) mass is 366 g/mol. The number of anilines is 1. The van der Waals surface area contributed by atoms with Crippen LogP contribution in [0.1, 0.15) is 12.5 Å². The predicted molar refractivity (Wildman–Crippen MR) is 99.0 cm³/mol. The third kappa shape index (κ3) is 4.87. The Hall–Kier alpha value is -1.75. The van der Waals surface area contributed by atoms with Crippen LogP contribution in [-0.2, 0) is 11.3 Å². The van der Waals surface area contributed by atoms with Crippen LogP contribution in [0.4, 0.5) is 5.69 Å². The van der Waals surface area contributed by atoms with E-state index in [2.05, 4.69) is 5.32 Å². The molecule has 1 amide bonds. The molecule has 128 valence electrons. The fraction of sp³-hybridized carbons (Fsp3) is 0.278. The van der Waals surface area contributed by atoms with E-state index in [0.717, 1.165) is 5.56 Å². The second kappa shape index (κ2) is 8.38. The van der Waals surface area contributed by atoms with Crippen molar-refractivity contribution in [1.82, 2.24) is 4.90 Å². The Kier molecular flexibility index (Phi) is 6.49. The molecule has 0 unspecified atom stereocenters. The third-order valence-electron chi connectivity index (χ3n) is 3.81. The molecule has 0 spiro atoms. The van der Waals surface area contributed by atoms with Gasteiger partial charge in [-0.2, -0.15) is 0 Å². The molecule has 0 aliphatic carbocycles. The molecule has 0 saturated carbocycles. The minimum Gasteiger partial charge on any atom is -0.495 e. The largest absolute Gasteiger partial charge is 0.495 e. The maximum absolute atomic E-state index is 12.5. The van der Waals surface area contributed by atoms with Crippen LogP contribution in [0.2, 0.25) is 10.0 Å². The van der Waals surface area contributed by atoms with Crippen molar-refractivity contribution in [2.45, 2.75) is 19.5 Å². The van der Waals surface area contributed by atoms with E-state index >= 15 is 0 Å². The van der Waals surface area contributed by atoms with Crippen LogP contribution in [-0.4, -0.2) is 31.0 Å². The molecule has 0 heterocycles. The smallest absolute Gasteiger partial charge is 0.241 e. The molecule has 0 saturated heterocycles. The van der Waals surface area contributed by atoms with Gasteiger partial charge < -0.3 is 10.1 Å². The van der Waals surface area contributed by atoms with Crippen LogP contribution in [0.3, 0.4) is 0 Å². The molecule has 0 bridgehead atoms. The quantitative estimate of drug-likeness (QED) is 0.820. The lowest BCUT2D eigenvalue weighted by atomic mass is 10.2. The maximum atomic E-state index is 12.5. The standard InChI is InChI=1S/C18H20Cl2N2O2/c1-12(22(2)11-13-4-6-14(19)7-5-13)18(23)21-16-10-15(20)8-9-17(16)24-3/h4-10,12H,11H2,1-3H3,(H,21,23)/t12-/m0/s1. The van der Waals surface area contributed by atoms with Crippen molar-refractivity contribution in [2.75, 3.05) is 19.5 Å². The van der Waals surface area contributed by atoms with Gasteiger partial charge in [0.15, 0.2) is 0 Å². The average molecular weight is 367 g/mol. The Labute approximate surface area is 152 Å². The molecule has 1 atom stereocenters. The van der Waals surface area contributed by atoms with Crippen molar-refractivity contribution in [3.8, 4) is 5.75 Å². The summed E-state index contributed by atoms with van der Waals surface area (Å²) < 4.78 is 5.25. The topological polar surface area (TPSA) is 41.6 Å². The van der Waals surface area contributed by atoms with Gasteiger partial charge in [-0.1, -0.05) is 35.3 Å². The number of carbonyl (C=O) groups is 1. The number of benzene rings is 2. The fourth-order valence-corrected chi connectivity index (χ4v) is 2.53. The number of methoxy groups -OCH3 is 1. The van der Waals surface area contributed by atoms with Crippen molar-refractivity contribution >= 4 is 34.8 Å². The Morgan fingerprint density at radius 3 is 2.42 bits per heavy atom. The highest BCUT2D eigenvalue weighted by Crippen LogP contribution is 2.28. The number of nitrogens with zero attached hydrogens (tertiary/aromatic N) is 1. The van der Waals surface area contributed by atoms with Gasteiger partial charge >= 0.3 is 0 Å². The predicted octanol–water partition coefficient (Wildman–Crippen LogP) is 4.46. The Bertz CT molecular complexity index is 705. The minimum atomic E-state index is -0.329. The molecule has 4 nitrogen and oxygen atoms in total. The fourth-order valence-electron chi connectivity index (χ4n) is 2.23. The first-order chi connectivity index (χ1) is 11.4. The number of halogens is 2. The first kappa shape index (κ1) is 18.6. The van der Waals surface area contributed by atoms with Crippen LogP contribution < -0.4 is 10.1 Å². The first-order valence-electron chi connectivity index (χ1n) is 7.50. The van der Waals surface area contributed by atoms with Crippen LogP contribution >= 0.6 is 23.2 Å². The summed E-state index contributed by atoms with van der Waals surface area (Å²) in [6.07, 6.45) is 0. The number of carbonyl (C=O) groups excluding carboxylic acids is 1. The first-order valence-corrected chi connectivity index (χ1v) is 8.25. The van der Waals surface area contributed by atoms with E-state index < -0.39 is 0 Å².